The maximum absolute atomic E-state index is 13.1. The number of carbonyl (C=O) groups excluding carboxylic acids is 1. The number of piperidine rings is 1. The summed E-state index contributed by atoms with van der Waals surface area (Å²) >= 11 is 0. The number of benzene rings is 2. The molecule has 2 saturated heterocycles. The molecule has 0 aromatic heterocycles. The van der Waals surface area contributed by atoms with Gasteiger partial charge in [0.1, 0.15) is 0 Å². The lowest BCUT2D eigenvalue weighted by molar-refractivity contribution is -0.384. The lowest BCUT2D eigenvalue weighted by Crippen LogP contribution is -2.31. The molecule has 0 bridgehead atoms. The lowest BCUT2D eigenvalue weighted by atomic mass is 10.1. The summed E-state index contributed by atoms with van der Waals surface area (Å²) in [5.74, 6) is -0.312. The van der Waals surface area contributed by atoms with Crippen molar-refractivity contribution < 1.29 is 9.72 Å². The maximum atomic E-state index is 13.1. The van der Waals surface area contributed by atoms with Gasteiger partial charge in [-0.15, -0.1) is 0 Å². The second kappa shape index (κ2) is 8.51. The van der Waals surface area contributed by atoms with Crippen LogP contribution in [0.4, 0.5) is 22.7 Å². The molecule has 0 saturated carbocycles. The monoisotopic (exact) mass is 394 g/mol. The first-order valence-corrected chi connectivity index (χ1v) is 10.3. The van der Waals surface area contributed by atoms with Crippen LogP contribution < -0.4 is 15.1 Å². The molecular weight excluding hydrogens is 368 g/mol. The number of nitro groups is 1. The Morgan fingerprint density at radius 1 is 0.897 bits per heavy atom. The van der Waals surface area contributed by atoms with Crippen LogP contribution in [-0.4, -0.2) is 37.0 Å². The minimum absolute atomic E-state index is 0.0678. The second-order valence-corrected chi connectivity index (χ2v) is 7.70. The van der Waals surface area contributed by atoms with Gasteiger partial charge in [-0.2, -0.15) is 0 Å². The number of hydrogen-bond donors (Lipinski definition) is 1. The fourth-order valence-corrected chi connectivity index (χ4v) is 4.18. The minimum Gasteiger partial charge on any atom is -0.371 e. The zero-order valence-electron chi connectivity index (χ0n) is 16.5. The van der Waals surface area contributed by atoms with Crippen LogP contribution in [0.2, 0.25) is 0 Å². The summed E-state index contributed by atoms with van der Waals surface area (Å²) in [5.41, 5.74) is 2.85. The molecule has 152 valence electrons. The molecule has 7 heteroatoms. The van der Waals surface area contributed by atoms with Crippen LogP contribution in [0.3, 0.4) is 0 Å². The van der Waals surface area contributed by atoms with Crippen LogP contribution in [-0.2, 0) is 0 Å². The van der Waals surface area contributed by atoms with Crippen LogP contribution >= 0.6 is 0 Å². The summed E-state index contributed by atoms with van der Waals surface area (Å²) < 4.78 is 0. The van der Waals surface area contributed by atoms with Gasteiger partial charge < -0.3 is 15.1 Å². The van der Waals surface area contributed by atoms with Crippen molar-refractivity contribution in [2.45, 2.75) is 32.1 Å². The van der Waals surface area contributed by atoms with Crippen molar-refractivity contribution in [3.05, 3.63) is 58.1 Å². The van der Waals surface area contributed by atoms with E-state index in [1.807, 2.05) is 24.3 Å². The van der Waals surface area contributed by atoms with E-state index in [9.17, 15) is 14.9 Å². The molecule has 0 spiro atoms. The number of rotatable bonds is 5. The molecule has 7 nitrogen and oxygen atoms in total. The number of amides is 1. The van der Waals surface area contributed by atoms with E-state index in [4.69, 9.17) is 0 Å². The first-order valence-electron chi connectivity index (χ1n) is 10.3. The average Bonchev–Trinajstić information content (AvgIpc) is 3.29. The first kappa shape index (κ1) is 19.2. The van der Waals surface area contributed by atoms with Gasteiger partial charge in [-0.05, 0) is 56.4 Å². The SMILES string of the molecule is O=C(Nc1cccc(N2CCCC2)c1)c1cc([N+](=O)[O-])ccc1N1CCCCC1. The van der Waals surface area contributed by atoms with E-state index in [2.05, 4.69) is 15.1 Å². The van der Waals surface area contributed by atoms with E-state index in [1.165, 1.54) is 31.4 Å². The standard InChI is InChI=1S/C22H26N4O3/c27-22(23-17-7-6-8-18(15-17)24-11-4-5-12-24)20-16-19(26(28)29)9-10-21(20)25-13-2-1-3-14-25/h6-10,15-16H,1-5,11-14H2,(H,23,27). The van der Waals surface area contributed by atoms with Gasteiger partial charge in [0, 0.05) is 49.7 Å². The predicted octanol–water partition coefficient (Wildman–Crippen LogP) is 4.44. The summed E-state index contributed by atoms with van der Waals surface area (Å²) in [7, 11) is 0. The van der Waals surface area contributed by atoms with Crippen LogP contribution in [0, 0.1) is 10.1 Å². The number of nitrogens with one attached hydrogen (secondary N) is 1. The van der Waals surface area contributed by atoms with Crippen LogP contribution in [0.25, 0.3) is 0 Å². The lowest BCUT2D eigenvalue weighted by Gasteiger charge is -2.30. The zero-order chi connectivity index (χ0) is 20.2. The van der Waals surface area contributed by atoms with Crippen LogP contribution in [0.5, 0.6) is 0 Å². The van der Waals surface area contributed by atoms with E-state index < -0.39 is 4.92 Å². The largest absolute Gasteiger partial charge is 0.371 e. The Bertz CT molecular complexity index is 903. The molecule has 4 rings (SSSR count). The Kier molecular flexibility index (Phi) is 5.64. The van der Waals surface area contributed by atoms with Gasteiger partial charge in [0.15, 0.2) is 0 Å². The molecule has 2 aliphatic rings. The van der Waals surface area contributed by atoms with Gasteiger partial charge in [-0.25, -0.2) is 0 Å². The molecule has 2 fully saturated rings. The fourth-order valence-electron chi connectivity index (χ4n) is 4.18. The van der Waals surface area contributed by atoms with Gasteiger partial charge >= 0.3 is 0 Å². The fraction of sp³-hybridized carbons (Fsp3) is 0.409. The molecule has 0 radical (unpaired) electrons. The van der Waals surface area contributed by atoms with Crippen LogP contribution in [0.15, 0.2) is 42.5 Å². The number of carbonyl (C=O) groups is 1. The Morgan fingerprint density at radius 2 is 1.59 bits per heavy atom. The molecule has 0 unspecified atom stereocenters. The van der Waals surface area contributed by atoms with Crippen molar-refractivity contribution in [1.82, 2.24) is 0 Å². The van der Waals surface area contributed by atoms with Crippen molar-refractivity contribution in [2.75, 3.05) is 41.3 Å². The van der Waals surface area contributed by atoms with Crippen molar-refractivity contribution in [2.24, 2.45) is 0 Å². The van der Waals surface area contributed by atoms with Gasteiger partial charge in [-0.1, -0.05) is 6.07 Å². The third kappa shape index (κ3) is 4.34. The third-order valence-corrected chi connectivity index (χ3v) is 5.71. The number of hydrogen-bond acceptors (Lipinski definition) is 5. The molecule has 2 aromatic rings. The molecular formula is C22H26N4O3. The van der Waals surface area contributed by atoms with Crippen molar-refractivity contribution >= 4 is 28.7 Å². The summed E-state index contributed by atoms with van der Waals surface area (Å²) in [6.45, 7) is 3.79. The highest BCUT2D eigenvalue weighted by Crippen LogP contribution is 2.29. The molecule has 2 aromatic carbocycles. The quantitative estimate of drug-likeness (QED) is 0.599. The van der Waals surface area contributed by atoms with E-state index in [1.54, 1.807) is 6.07 Å². The smallest absolute Gasteiger partial charge is 0.270 e. The Morgan fingerprint density at radius 3 is 2.31 bits per heavy atom. The topological polar surface area (TPSA) is 78.7 Å². The van der Waals surface area contributed by atoms with E-state index in [-0.39, 0.29) is 11.6 Å². The Balaban J connectivity index is 1.60. The molecule has 2 heterocycles. The second-order valence-electron chi connectivity index (χ2n) is 7.70. The molecule has 0 aliphatic carbocycles. The Hall–Kier alpha value is -3.09. The van der Waals surface area contributed by atoms with Crippen LogP contribution in [0.1, 0.15) is 42.5 Å². The number of anilines is 3. The third-order valence-electron chi connectivity index (χ3n) is 5.71. The molecule has 0 atom stereocenters. The average molecular weight is 394 g/mol. The zero-order valence-corrected chi connectivity index (χ0v) is 16.5. The van der Waals surface area contributed by atoms with Gasteiger partial charge in [-0.3, -0.25) is 14.9 Å². The van der Waals surface area contributed by atoms with Gasteiger partial charge in [0.05, 0.1) is 16.2 Å². The number of non-ortho nitro benzene ring substituents is 1. The van der Waals surface area contributed by atoms with Crippen molar-refractivity contribution in [1.29, 1.82) is 0 Å². The summed E-state index contributed by atoms with van der Waals surface area (Å²) in [5, 5.41) is 14.2. The van der Waals surface area contributed by atoms with Crippen molar-refractivity contribution in [3.63, 3.8) is 0 Å². The maximum Gasteiger partial charge on any atom is 0.270 e. The molecule has 1 N–H and O–H groups in total. The summed E-state index contributed by atoms with van der Waals surface area (Å²) in [6.07, 6.45) is 5.67. The van der Waals surface area contributed by atoms with Gasteiger partial charge in [0.25, 0.3) is 11.6 Å². The Labute approximate surface area is 170 Å². The van der Waals surface area contributed by atoms with Crippen molar-refractivity contribution in [3.8, 4) is 0 Å². The normalized spacial score (nSPS) is 16.7. The predicted molar refractivity (Wildman–Crippen MR) is 115 cm³/mol. The highest BCUT2D eigenvalue weighted by atomic mass is 16.6. The van der Waals surface area contributed by atoms with E-state index in [0.29, 0.717) is 11.3 Å². The number of nitrogens with zero attached hydrogens (tertiary/aromatic N) is 3. The first-order chi connectivity index (χ1) is 14.1. The minimum atomic E-state index is -0.454. The molecule has 29 heavy (non-hydrogen) atoms. The summed E-state index contributed by atoms with van der Waals surface area (Å²) in [6, 6.07) is 12.4. The van der Waals surface area contributed by atoms with Gasteiger partial charge in [0.2, 0.25) is 0 Å². The van der Waals surface area contributed by atoms with E-state index in [0.717, 1.165) is 50.4 Å². The highest BCUT2D eigenvalue weighted by Gasteiger charge is 2.22. The highest BCUT2D eigenvalue weighted by molar-refractivity contribution is 6.08. The number of nitro benzene ring substituents is 1. The molecule has 2 aliphatic heterocycles. The van der Waals surface area contributed by atoms with E-state index >= 15 is 0 Å². The summed E-state index contributed by atoms with van der Waals surface area (Å²) in [4.78, 5) is 28.4. The molecule has 1 amide bonds.